The molecule has 0 radical (unpaired) electrons. The first-order chi connectivity index (χ1) is 8.34. The zero-order valence-electron chi connectivity index (χ0n) is 9.01. The van der Waals surface area contributed by atoms with Crippen LogP contribution in [-0.4, -0.2) is 65.8 Å². The van der Waals surface area contributed by atoms with E-state index in [-0.39, 0.29) is 0 Å². The second-order valence-corrected chi connectivity index (χ2v) is 5.99. The van der Waals surface area contributed by atoms with E-state index in [0.717, 1.165) is 0 Å². The quantitative estimate of drug-likeness (QED) is 0.199. The third kappa shape index (κ3) is 4.83. The van der Waals surface area contributed by atoms with Crippen molar-refractivity contribution in [3.8, 4) is 0 Å². The van der Waals surface area contributed by atoms with Gasteiger partial charge in [0.2, 0.25) is 0 Å². The molecule has 0 amide bonds. The second kappa shape index (κ2) is 5.45. The number of phosphoric acid groups is 2. The molecule has 114 valence electrons. The molecule has 1 aliphatic heterocycles. The Morgan fingerprint density at radius 2 is 1.63 bits per heavy atom. The fourth-order valence-electron chi connectivity index (χ4n) is 1.32. The van der Waals surface area contributed by atoms with Crippen LogP contribution in [0.5, 0.6) is 0 Å². The van der Waals surface area contributed by atoms with Crippen molar-refractivity contribution in [1.82, 2.24) is 0 Å². The standard InChI is InChI=1S/C5H12O12P2/c6-3-2(1-15-18(9,10)11)16-5(8,4(3)7)17-19(12,13)14/h2-4,6-8H,1H2,(H2,9,10,11)(H2,12,13,14). The Labute approximate surface area is 105 Å². The van der Waals surface area contributed by atoms with Crippen molar-refractivity contribution in [2.24, 2.45) is 0 Å². The van der Waals surface area contributed by atoms with Gasteiger partial charge in [-0.2, -0.15) is 0 Å². The summed E-state index contributed by atoms with van der Waals surface area (Å²) in [6, 6.07) is 0. The Morgan fingerprint density at radius 3 is 2.05 bits per heavy atom. The van der Waals surface area contributed by atoms with Crippen LogP contribution >= 0.6 is 15.6 Å². The highest BCUT2D eigenvalue weighted by Gasteiger charge is 2.58. The zero-order chi connectivity index (χ0) is 15.1. The summed E-state index contributed by atoms with van der Waals surface area (Å²) in [7, 11) is -10.2. The molecule has 0 bridgehead atoms. The van der Waals surface area contributed by atoms with E-state index in [0.29, 0.717) is 0 Å². The summed E-state index contributed by atoms with van der Waals surface area (Å²) < 4.78 is 33.1. The van der Waals surface area contributed by atoms with Crippen LogP contribution in [0.3, 0.4) is 0 Å². The van der Waals surface area contributed by atoms with E-state index < -0.39 is 46.5 Å². The first kappa shape index (κ1) is 17.1. The summed E-state index contributed by atoms with van der Waals surface area (Å²) in [5, 5.41) is 28.2. The highest BCUT2D eigenvalue weighted by Crippen LogP contribution is 2.46. The lowest BCUT2D eigenvalue weighted by Crippen LogP contribution is -2.44. The van der Waals surface area contributed by atoms with Gasteiger partial charge >= 0.3 is 21.6 Å². The number of rotatable bonds is 5. The molecule has 4 atom stereocenters. The normalized spacial score (nSPS) is 36.7. The van der Waals surface area contributed by atoms with Gasteiger partial charge in [0.1, 0.15) is 12.2 Å². The van der Waals surface area contributed by atoms with Crippen LogP contribution in [0.2, 0.25) is 0 Å². The molecule has 19 heavy (non-hydrogen) atoms. The van der Waals surface area contributed by atoms with Gasteiger partial charge in [-0.25, -0.2) is 13.7 Å². The number of hydrogen-bond acceptors (Lipinski definition) is 8. The molecule has 0 aromatic rings. The molecule has 1 saturated heterocycles. The predicted octanol–water partition coefficient (Wildman–Crippen LogP) is -3.03. The number of hydrogen-bond donors (Lipinski definition) is 7. The smallest absolute Gasteiger partial charge is 0.387 e. The lowest BCUT2D eigenvalue weighted by atomic mass is 10.1. The molecule has 4 unspecified atom stereocenters. The van der Waals surface area contributed by atoms with Gasteiger partial charge in [-0.15, -0.1) is 0 Å². The first-order valence-electron chi connectivity index (χ1n) is 4.57. The Morgan fingerprint density at radius 1 is 1.11 bits per heavy atom. The van der Waals surface area contributed by atoms with E-state index in [4.69, 9.17) is 19.6 Å². The van der Waals surface area contributed by atoms with Gasteiger partial charge in [0.25, 0.3) is 0 Å². The maximum atomic E-state index is 10.6. The Kier molecular flexibility index (Phi) is 4.91. The summed E-state index contributed by atoms with van der Waals surface area (Å²) >= 11 is 0. The largest absolute Gasteiger partial charge is 0.474 e. The van der Waals surface area contributed by atoms with Crippen molar-refractivity contribution in [3.05, 3.63) is 0 Å². The molecule has 1 heterocycles. The SMILES string of the molecule is O=P(O)(O)OCC1OC(O)(OP(=O)(O)O)C(O)C1O. The molecule has 12 nitrogen and oxygen atoms in total. The average molecular weight is 326 g/mol. The summed E-state index contributed by atoms with van der Waals surface area (Å²) in [6.07, 6.45) is -5.92. The first-order valence-corrected chi connectivity index (χ1v) is 7.63. The van der Waals surface area contributed by atoms with Crippen molar-refractivity contribution in [3.63, 3.8) is 0 Å². The zero-order valence-corrected chi connectivity index (χ0v) is 10.8. The highest BCUT2D eigenvalue weighted by atomic mass is 31.2. The van der Waals surface area contributed by atoms with E-state index in [1.54, 1.807) is 0 Å². The average Bonchev–Trinajstić information content (AvgIpc) is 2.36. The molecular formula is C5H12O12P2. The van der Waals surface area contributed by atoms with Gasteiger partial charge in [-0.05, 0) is 0 Å². The van der Waals surface area contributed by atoms with Gasteiger partial charge in [-0.3, -0.25) is 4.52 Å². The fourth-order valence-corrected chi connectivity index (χ4v) is 2.16. The predicted molar refractivity (Wildman–Crippen MR) is 53.0 cm³/mol. The van der Waals surface area contributed by atoms with Gasteiger partial charge < -0.3 is 39.6 Å². The lowest BCUT2D eigenvalue weighted by molar-refractivity contribution is -0.343. The Balaban J connectivity index is 2.75. The van der Waals surface area contributed by atoms with E-state index in [9.17, 15) is 24.4 Å². The minimum atomic E-state index is -5.26. The van der Waals surface area contributed by atoms with Gasteiger partial charge in [0, 0.05) is 0 Å². The Bertz CT molecular complexity index is 412. The number of phosphoric ester groups is 2. The Hall–Kier alpha value is 0.0600. The molecule has 7 N–H and O–H groups in total. The van der Waals surface area contributed by atoms with E-state index in [1.165, 1.54) is 0 Å². The third-order valence-corrected chi connectivity index (χ3v) is 3.04. The summed E-state index contributed by atoms with van der Waals surface area (Å²) in [4.78, 5) is 33.8. The lowest BCUT2D eigenvalue weighted by Gasteiger charge is -2.25. The van der Waals surface area contributed by atoms with Crippen LogP contribution in [0.1, 0.15) is 0 Å². The number of ether oxygens (including phenoxy) is 1. The second-order valence-electron chi connectivity index (χ2n) is 3.59. The van der Waals surface area contributed by atoms with E-state index in [1.807, 2.05) is 0 Å². The number of aliphatic hydroxyl groups excluding tert-OH is 2. The molecule has 0 aliphatic carbocycles. The van der Waals surface area contributed by atoms with Crippen LogP contribution in [0.25, 0.3) is 0 Å². The van der Waals surface area contributed by atoms with Gasteiger partial charge in [-0.1, -0.05) is 0 Å². The van der Waals surface area contributed by atoms with Crippen LogP contribution in [0.15, 0.2) is 0 Å². The third-order valence-electron chi connectivity index (χ3n) is 2.06. The maximum absolute atomic E-state index is 10.6. The van der Waals surface area contributed by atoms with Crippen LogP contribution < -0.4 is 0 Å². The van der Waals surface area contributed by atoms with Crippen molar-refractivity contribution < 1.29 is 57.8 Å². The minimum absolute atomic E-state index is 0.963. The van der Waals surface area contributed by atoms with Gasteiger partial charge in [0.15, 0.2) is 6.10 Å². The molecule has 0 aromatic heterocycles. The van der Waals surface area contributed by atoms with Crippen molar-refractivity contribution >= 4 is 15.6 Å². The monoisotopic (exact) mass is 326 g/mol. The molecular weight excluding hydrogens is 314 g/mol. The summed E-state index contributed by atoms with van der Waals surface area (Å²) in [5.74, 6) is -3.23. The summed E-state index contributed by atoms with van der Waals surface area (Å²) in [6.45, 7) is -0.963. The van der Waals surface area contributed by atoms with Crippen LogP contribution in [0, 0.1) is 0 Å². The highest BCUT2D eigenvalue weighted by molar-refractivity contribution is 7.46. The molecule has 0 saturated carbocycles. The summed E-state index contributed by atoms with van der Waals surface area (Å²) in [5.41, 5.74) is 0. The van der Waals surface area contributed by atoms with E-state index >= 15 is 0 Å². The molecule has 0 spiro atoms. The fraction of sp³-hybridized carbons (Fsp3) is 1.00. The van der Waals surface area contributed by atoms with E-state index in [2.05, 4.69) is 13.8 Å². The molecule has 1 aliphatic rings. The van der Waals surface area contributed by atoms with Crippen LogP contribution in [0.4, 0.5) is 0 Å². The van der Waals surface area contributed by atoms with Gasteiger partial charge in [0.05, 0.1) is 6.61 Å². The molecule has 1 rings (SSSR count). The van der Waals surface area contributed by atoms with Crippen LogP contribution in [-0.2, 0) is 22.9 Å². The topological polar surface area (TPSA) is 203 Å². The van der Waals surface area contributed by atoms with Crippen molar-refractivity contribution in [2.45, 2.75) is 24.3 Å². The van der Waals surface area contributed by atoms with Crippen molar-refractivity contribution in [1.29, 1.82) is 0 Å². The molecule has 14 heteroatoms. The molecule has 0 aromatic carbocycles. The maximum Gasteiger partial charge on any atom is 0.474 e. The number of aliphatic hydroxyl groups is 3. The van der Waals surface area contributed by atoms with Crippen molar-refractivity contribution in [2.75, 3.05) is 6.61 Å². The molecule has 1 fully saturated rings. The minimum Gasteiger partial charge on any atom is -0.387 e.